The fraction of sp³-hybridized carbons (Fsp3) is 0.261. The number of aromatic nitrogens is 1. The summed E-state index contributed by atoms with van der Waals surface area (Å²) in [6.07, 6.45) is 0.223. The summed E-state index contributed by atoms with van der Waals surface area (Å²) in [5, 5.41) is 7.73. The van der Waals surface area contributed by atoms with Gasteiger partial charge in [0, 0.05) is 42.9 Å². The minimum atomic E-state index is -0.363. The maximum atomic E-state index is 12.7. The van der Waals surface area contributed by atoms with Crippen LogP contribution in [0.1, 0.15) is 5.69 Å². The van der Waals surface area contributed by atoms with Gasteiger partial charge in [-0.05, 0) is 36.4 Å². The first-order valence-corrected chi connectivity index (χ1v) is 11.2. The highest BCUT2D eigenvalue weighted by Gasteiger charge is 2.22. The Morgan fingerprint density at radius 2 is 1.72 bits per heavy atom. The number of piperazine rings is 1. The van der Waals surface area contributed by atoms with Gasteiger partial charge in [-0.1, -0.05) is 18.2 Å². The summed E-state index contributed by atoms with van der Waals surface area (Å²) in [6, 6.07) is 16.8. The molecule has 1 aromatic heterocycles. The van der Waals surface area contributed by atoms with Crippen molar-refractivity contribution in [3.05, 3.63) is 65.7 Å². The van der Waals surface area contributed by atoms with E-state index in [4.69, 9.17) is 4.74 Å². The van der Waals surface area contributed by atoms with Crippen molar-refractivity contribution >= 4 is 39.8 Å². The van der Waals surface area contributed by atoms with Gasteiger partial charge in [0.15, 0.2) is 5.13 Å². The van der Waals surface area contributed by atoms with Crippen LogP contribution in [-0.4, -0.2) is 55.1 Å². The van der Waals surface area contributed by atoms with Crippen molar-refractivity contribution in [2.24, 2.45) is 0 Å². The summed E-state index contributed by atoms with van der Waals surface area (Å²) in [6.45, 7) is 2.89. The van der Waals surface area contributed by atoms with E-state index in [2.05, 4.69) is 20.5 Å². The van der Waals surface area contributed by atoms with Crippen molar-refractivity contribution in [1.29, 1.82) is 0 Å². The van der Waals surface area contributed by atoms with Crippen LogP contribution in [0, 0.1) is 0 Å². The van der Waals surface area contributed by atoms with Crippen LogP contribution in [0.25, 0.3) is 0 Å². The number of hydrogen-bond acceptors (Lipinski definition) is 6. The number of nitrogens with zero attached hydrogens (tertiary/aromatic N) is 3. The van der Waals surface area contributed by atoms with E-state index in [1.165, 1.54) is 11.3 Å². The number of para-hydroxylation sites is 1. The molecule has 1 aliphatic heterocycles. The number of nitrogens with one attached hydrogen (secondary N) is 2. The van der Waals surface area contributed by atoms with Crippen LogP contribution in [0.15, 0.2) is 60.0 Å². The Morgan fingerprint density at radius 1 is 1.00 bits per heavy atom. The van der Waals surface area contributed by atoms with E-state index in [0.717, 1.165) is 24.5 Å². The van der Waals surface area contributed by atoms with Gasteiger partial charge >= 0.3 is 6.03 Å². The molecule has 1 fully saturated rings. The predicted octanol–water partition coefficient (Wildman–Crippen LogP) is 3.69. The van der Waals surface area contributed by atoms with Crippen LogP contribution in [-0.2, 0) is 11.2 Å². The Bertz CT molecular complexity index is 1050. The van der Waals surface area contributed by atoms with Gasteiger partial charge in [0.05, 0.1) is 19.2 Å². The van der Waals surface area contributed by atoms with Crippen LogP contribution < -0.4 is 20.3 Å². The summed E-state index contributed by atoms with van der Waals surface area (Å²) in [7, 11) is 1.65. The number of rotatable bonds is 6. The van der Waals surface area contributed by atoms with E-state index < -0.39 is 0 Å². The van der Waals surface area contributed by atoms with E-state index in [1.807, 2.05) is 52.7 Å². The molecule has 166 valence electrons. The maximum Gasteiger partial charge on any atom is 0.325 e. The van der Waals surface area contributed by atoms with E-state index in [0.29, 0.717) is 29.6 Å². The number of hydrogen-bond donors (Lipinski definition) is 2. The number of benzene rings is 2. The second-order valence-corrected chi connectivity index (χ2v) is 8.19. The maximum absolute atomic E-state index is 12.7. The minimum absolute atomic E-state index is 0.0463. The first-order chi connectivity index (χ1) is 15.6. The molecule has 3 amide bonds. The van der Waals surface area contributed by atoms with Crippen LogP contribution in [0.5, 0.6) is 5.75 Å². The lowest BCUT2D eigenvalue weighted by Gasteiger charge is -2.36. The van der Waals surface area contributed by atoms with Crippen molar-refractivity contribution in [3.63, 3.8) is 0 Å². The molecule has 3 aromatic rings. The van der Waals surface area contributed by atoms with Crippen LogP contribution in [0.3, 0.4) is 0 Å². The number of ether oxygens (including phenoxy) is 1. The second-order valence-electron chi connectivity index (χ2n) is 7.33. The Balaban J connectivity index is 1.25. The molecule has 1 saturated heterocycles. The molecule has 0 bridgehead atoms. The smallest absolute Gasteiger partial charge is 0.325 e. The molecule has 0 radical (unpaired) electrons. The van der Waals surface area contributed by atoms with Crippen molar-refractivity contribution < 1.29 is 14.3 Å². The van der Waals surface area contributed by atoms with Gasteiger partial charge in [-0.15, -0.1) is 11.3 Å². The van der Waals surface area contributed by atoms with E-state index >= 15 is 0 Å². The first-order valence-electron chi connectivity index (χ1n) is 10.3. The number of methoxy groups -OCH3 is 1. The average Bonchev–Trinajstić information content (AvgIpc) is 3.26. The zero-order chi connectivity index (χ0) is 22.3. The topological polar surface area (TPSA) is 86.8 Å². The third-order valence-corrected chi connectivity index (χ3v) is 6.01. The Morgan fingerprint density at radius 3 is 2.41 bits per heavy atom. The van der Waals surface area contributed by atoms with Gasteiger partial charge in [-0.3, -0.25) is 10.1 Å². The normalized spacial score (nSPS) is 13.5. The number of amides is 3. The molecule has 9 heteroatoms. The van der Waals surface area contributed by atoms with E-state index in [-0.39, 0.29) is 18.4 Å². The van der Waals surface area contributed by atoms with E-state index in [9.17, 15) is 9.59 Å². The molecule has 0 saturated carbocycles. The molecular weight excluding hydrogens is 426 g/mol. The second kappa shape index (κ2) is 10.1. The lowest BCUT2D eigenvalue weighted by molar-refractivity contribution is -0.130. The highest BCUT2D eigenvalue weighted by Crippen LogP contribution is 2.21. The molecule has 0 aliphatic carbocycles. The molecule has 2 N–H and O–H groups in total. The van der Waals surface area contributed by atoms with Gasteiger partial charge in [0.25, 0.3) is 0 Å². The van der Waals surface area contributed by atoms with Crippen molar-refractivity contribution in [2.75, 3.05) is 48.8 Å². The zero-order valence-corrected chi connectivity index (χ0v) is 18.6. The zero-order valence-electron chi connectivity index (χ0n) is 17.8. The number of urea groups is 1. The molecule has 1 aliphatic rings. The monoisotopic (exact) mass is 451 g/mol. The molecule has 4 rings (SSSR count). The number of carbonyl (C=O) groups is 2. The Kier molecular flexibility index (Phi) is 6.86. The fourth-order valence-electron chi connectivity index (χ4n) is 3.50. The van der Waals surface area contributed by atoms with Crippen LogP contribution >= 0.6 is 11.3 Å². The molecule has 32 heavy (non-hydrogen) atoms. The molecular formula is C23H25N5O3S. The van der Waals surface area contributed by atoms with Gasteiger partial charge in [-0.25, -0.2) is 9.78 Å². The molecule has 2 heterocycles. The highest BCUT2D eigenvalue weighted by molar-refractivity contribution is 7.14. The number of thiazole rings is 1. The third-order valence-electron chi connectivity index (χ3n) is 5.21. The molecule has 8 nitrogen and oxygen atoms in total. The van der Waals surface area contributed by atoms with Crippen LogP contribution in [0.4, 0.5) is 21.3 Å². The number of anilines is 3. The summed E-state index contributed by atoms with van der Waals surface area (Å²) in [5.41, 5.74) is 2.49. The predicted molar refractivity (Wildman–Crippen MR) is 127 cm³/mol. The summed E-state index contributed by atoms with van der Waals surface area (Å²) in [5.74, 6) is 0.877. The molecule has 0 unspecified atom stereocenters. The Labute approximate surface area is 190 Å². The standard InChI is InChI=1S/C23H25N5O3S/c1-31-20-9-7-19(8-10-20)27-11-13-28(14-12-27)21(29)15-18-16-32-23(25-18)26-22(30)24-17-5-3-2-4-6-17/h2-10,16H,11-15H2,1H3,(H2,24,25,26,30). The molecule has 0 spiro atoms. The minimum Gasteiger partial charge on any atom is -0.497 e. The van der Waals surface area contributed by atoms with Gasteiger partial charge < -0.3 is 19.9 Å². The summed E-state index contributed by atoms with van der Waals surface area (Å²) < 4.78 is 5.21. The Hall–Kier alpha value is -3.59. The number of carbonyl (C=O) groups excluding carboxylic acids is 2. The van der Waals surface area contributed by atoms with Gasteiger partial charge in [-0.2, -0.15) is 0 Å². The summed E-state index contributed by atoms with van der Waals surface area (Å²) in [4.78, 5) is 33.3. The fourth-order valence-corrected chi connectivity index (χ4v) is 4.21. The molecule has 2 aromatic carbocycles. The van der Waals surface area contributed by atoms with Crippen molar-refractivity contribution in [3.8, 4) is 5.75 Å². The average molecular weight is 452 g/mol. The van der Waals surface area contributed by atoms with E-state index in [1.54, 1.807) is 19.2 Å². The van der Waals surface area contributed by atoms with Gasteiger partial charge in [0.1, 0.15) is 5.75 Å². The highest BCUT2D eigenvalue weighted by atomic mass is 32.1. The van der Waals surface area contributed by atoms with Crippen LogP contribution in [0.2, 0.25) is 0 Å². The lowest BCUT2D eigenvalue weighted by Crippen LogP contribution is -2.49. The quantitative estimate of drug-likeness (QED) is 0.597. The van der Waals surface area contributed by atoms with Crippen molar-refractivity contribution in [2.45, 2.75) is 6.42 Å². The largest absolute Gasteiger partial charge is 0.497 e. The third kappa shape index (κ3) is 5.55. The SMILES string of the molecule is COc1ccc(N2CCN(C(=O)Cc3csc(NC(=O)Nc4ccccc4)n3)CC2)cc1. The summed E-state index contributed by atoms with van der Waals surface area (Å²) >= 11 is 1.31. The lowest BCUT2D eigenvalue weighted by atomic mass is 10.2. The van der Waals surface area contributed by atoms with Gasteiger partial charge in [0.2, 0.25) is 5.91 Å². The van der Waals surface area contributed by atoms with Crippen molar-refractivity contribution in [1.82, 2.24) is 9.88 Å². The first kappa shape index (κ1) is 21.6. The molecule has 0 atom stereocenters.